The monoisotopic (exact) mass is 346 g/mol. The molecule has 1 N–H and O–H groups in total. The molecule has 132 valence electrons. The van der Waals surface area contributed by atoms with Crippen LogP contribution in [0.15, 0.2) is 71.7 Å². The number of anilines is 2. The van der Waals surface area contributed by atoms with Gasteiger partial charge < -0.3 is 14.8 Å². The van der Waals surface area contributed by atoms with Crippen molar-refractivity contribution in [2.24, 2.45) is 4.99 Å². The van der Waals surface area contributed by atoms with Gasteiger partial charge in [0.15, 0.2) is 11.5 Å². The molecule has 0 heterocycles. The summed E-state index contributed by atoms with van der Waals surface area (Å²) in [6, 6.07) is 22.0. The third-order valence-electron chi connectivity index (χ3n) is 4.05. The number of nitrogens with zero attached hydrogens (tertiary/aromatic N) is 1. The van der Waals surface area contributed by atoms with Crippen molar-refractivity contribution in [3.63, 3.8) is 0 Å². The van der Waals surface area contributed by atoms with Gasteiger partial charge in [-0.15, -0.1) is 0 Å². The van der Waals surface area contributed by atoms with Crippen molar-refractivity contribution in [1.29, 1.82) is 0 Å². The first-order valence-electron chi connectivity index (χ1n) is 8.38. The van der Waals surface area contributed by atoms with E-state index >= 15 is 0 Å². The van der Waals surface area contributed by atoms with E-state index < -0.39 is 0 Å². The van der Waals surface area contributed by atoms with E-state index in [0.29, 0.717) is 5.75 Å². The molecule has 0 aliphatic heterocycles. The van der Waals surface area contributed by atoms with Crippen LogP contribution in [0.1, 0.15) is 11.1 Å². The van der Waals surface area contributed by atoms with E-state index in [1.54, 1.807) is 14.2 Å². The highest BCUT2D eigenvalue weighted by Gasteiger charge is 2.07. The van der Waals surface area contributed by atoms with Crippen LogP contribution < -0.4 is 14.8 Å². The topological polar surface area (TPSA) is 42.8 Å². The van der Waals surface area contributed by atoms with Gasteiger partial charge in [-0.1, -0.05) is 18.2 Å². The smallest absolute Gasteiger partial charge is 0.161 e. The molecule has 3 aromatic rings. The molecule has 0 saturated carbocycles. The zero-order chi connectivity index (χ0) is 18.4. The number of aliphatic imine (C=N–C) groups is 1. The molecule has 0 aliphatic carbocycles. The lowest BCUT2D eigenvalue weighted by Gasteiger charge is -2.10. The fraction of sp³-hybridized carbons (Fsp3) is 0.136. The number of methoxy groups -OCH3 is 2. The fourth-order valence-electron chi connectivity index (χ4n) is 2.60. The number of nitrogens with one attached hydrogen (secondary N) is 1. The molecule has 0 bridgehead atoms. The predicted octanol–water partition coefficient (Wildman–Crippen LogP) is 5.51. The Hall–Kier alpha value is -3.27. The van der Waals surface area contributed by atoms with Crippen LogP contribution in [0, 0.1) is 6.92 Å². The van der Waals surface area contributed by atoms with Gasteiger partial charge in [0.25, 0.3) is 0 Å². The van der Waals surface area contributed by atoms with Gasteiger partial charge in [0.2, 0.25) is 0 Å². The van der Waals surface area contributed by atoms with Crippen molar-refractivity contribution >= 4 is 23.3 Å². The van der Waals surface area contributed by atoms with Crippen molar-refractivity contribution in [3.05, 3.63) is 77.9 Å². The van der Waals surface area contributed by atoms with Gasteiger partial charge in [-0.2, -0.15) is 0 Å². The molecule has 26 heavy (non-hydrogen) atoms. The van der Waals surface area contributed by atoms with Crippen molar-refractivity contribution in [2.45, 2.75) is 6.92 Å². The number of hydrogen-bond donors (Lipinski definition) is 1. The zero-order valence-electron chi connectivity index (χ0n) is 15.2. The summed E-state index contributed by atoms with van der Waals surface area (Å²) in [4.78, 5) is 4.57. The first-order chi connectivity index (χ1) is 12.7. The molecule has 0 aliphatic rings. The lowest BCUT2D eigenvalue weighted by atomic mass is 10.1. The minimum Gasteiger partial charge on any atom is -0.493 e. The first kappa shape index (κ1) is 17.5. The standard InChI is InChI=1S/C22H22N2O2/c1-16-13-21(25-2)22(26-3)14-17(16)15-23-18-9-11-20(12-10-18)24-19-7-5-4-6-8-19/h4-15,24H,1-3H3. The van der Waals surface area contributed by atoms with Crippen molar-refractivity contribution < 1.29 is 9.47 Å². The molecule has 3 aromatic carbocycles. The average molecular weight is 346 g/mol. The van der Waals surface area contributed by atoms with Crippen LogP contribution in [-0.4, -0.2) is 20.4 Å². The second-order valence-corrected chi connectivity index (χ2v) is 5.86. The summed E-state index contributed by atoms with van der Waals surface area (Å²) >= 11 is 0. The summed E-state index contributed by atoms with van der Waals surface area (Å²) in [5, 5.41) is 3.36. The number of para-hydroxylation sites is 1. The molecule has 0 radical (unpaired) electrons. The van der Waals surface area contributed by atoms with Crippen LogP contribution in [-0.2, 0) is 0 Å². The molecule has 0 atom stereocenters. The highest BCUT2D eigenvalue weighted by molar-refractivity contribution is 5.85. The Labute approximate surface area is 154 Å². The molecule has 4 heteroatoms. The van der Waals surface area contributed by atoms with Crippen LogP contribution in [0.5, 0.6) is 11.5 Å². The fourth-order valence-corrected chi connectivity index (χ4v) is 2.60. The minimum atomic E-state index is 0.696. The summed E-state index contributed by atoms with van der Waals surface area (Å²) in [6.45, 7) is 2.02. The van der Waals surface area contributed by atoms with Gasteiger partial charge in [0.1, 0.15) is 0 Å². The normalized spacial score (nSPS) is 10.7. The lowest BCUT2D eigenvalue weighted by molar-refractivity contribution is 0.354. The predicted molar refractivity (Wildman–Crippen MR) is 108 cm³/mol. The number of benzene rings is 3. The van der Waals surface area contributed by atoms with Gasteiger partial charge in [0.05, 0.1) is 19.9 Å². The van der Waals surface area contributed by atoms with E-state index in [1.807, 2.05) is 79.9 Å². The third kappa shape index (κ3) is 4.22. The van der Waals surface area contributed by atoms with Gasteiger partial charge >= 0.3 is 0 Å². The summed E-state index contributed by atoms with van der Waals surface area (Å²) in [5.74, 6) is 1.42. The van der Waals surface area contributed by atoms with E-state index in [-0.39, 0.29) is 0 Å². The SMILES string of the molecule is COc1cc(C)c(C=Nc2ccc(Nc3ccccc3)cc2)cc1OC. The Morgan fingerprint density at radius 3 is 2.08 bits per heavy atom. The number of hydrogen-bond acceptors (Lipinski definition) is 4. The number of aryl methyl sites for hydroxylation is 1. The van der Waals surface area contributed by atoms with E-state index in [2.05, 4.69) is 10.3 Å². The maximum Gasteiger partial charge on any atom is 0.161 e. The van der Waals surface area contributed by atoms with Crippen molar-refractivity contribution in [2.75, 3.05) is 19.5 Å². The molecular weight excluding hydrogens is 324 g/mol. The van der Waals surface area contributed by atoms with Gasteiger partial charge in [-0.25, -0.2) is 0 Å². The van der Waals surface area contributed by atoms with E-state index in [9.17, 15) is 0 Å². The Balaban J connectivity index is 1.75. The number of ether oxygens (including phenoxy) is 2. The highest BCUT2D eigenvalue weighted by atomic mass is 16.5. The van der Waals surface area contributed by atoms with Crippen molar-refractivity contribution in [3.8, 4) is 11.5 Å². The molecule has 0 aromatic heterocycles. The second kappa shape index (κ2) is 8.21. The molecule has 3 rings (SSSR count). The Morgan fingerprint density at radius 2 is 1.42 bits per heavy atom. The van der Waals surface area contributed by atoms with Crippen LogP contribution in [0.2, 0.25) is 0 Å². The maximum absolute atomic E-state index is 5.36. The molecular formula is C22H22N2O2. The molecule has 0 saturated heterocycles. The van der Waals surface area contributed by atoms with Crippen molar-refractivity contribution in [1.82, 2.24) is 0 Å². The second-order valence-electron chi connectivity index (χ2n) is 5.86. The van der Waals surface area contributed by atoms with E-state index in [0.717, 1.165) is 33.9 Å². The summed E-state index contributed by atoms with van der Waals surface area (Å²) in [5.41, 5.74) is 5.04. The average Bonchev–Trinajstić information content (AvgIpc) is 2.68. The third-order valence-corrected chi connectivity index (χ3v) is 4.05. The maximum atomic E-state index is 5.36. The molecule has 0 spiro atoms. The van der Waals surface area contributed by atoms with Crippen LogP contribution in [0.25, 0.3) is 0 Å². The van der Waals surface area contributed by atoms with E-state index in [4.69, 9.17) is 9.47 Å². The molecule has 0 amide bonds. The van der Waals surface area contributed by atoms with Crippen LogP contribution >= 0.6 is 0 Å². The minimum absolute atomic E-state index is 0.696. The lowest BCUT2D eigenvalue weighted by Crippen LogP contribution is -1.95. The van der Waals surface area contributed by atoms with Crippen LogP contribution in [0.4, 0.5) is 17.1 Å². The molecule has 4 nitrogen and oxygen atoms in total. The Morgan fingerprint density at radius 1 is 0.808 bits per heavy atom. The van der Waals surface area contributed by atoms with Gasteiger partial charge in [-0.05, 0) is 66.6 Å². The van der Waals surface area contributed by atoms with E-state index in [1.165, 1.54) is 0 Å². The first-order valence-corrected chi connectivity index (χ1v) is 8.38. The van der Waals surface area contributed by atoms with Crippen LogP contribution in [0.3, 0.4) is 0 Å². The van der Waals surface area contributed by atoms with Gasteiger partial charge in [0, 0.05) is 17.6 Å². The van der Waals surface area contributed by atoms with Gasteiger partial charge in [-0.3, -0.25) is 4.99 Å². The largest absolute Gasteiger partial charge is 0.493 e. The summed E-state index contributed by atoms with van der Waals surface area (Å²) in [6.07, 6.45) is 1.84. The Bertz CT molecular complexity index is 888. The number of rotatable bonds is 6. The summed E-state index contributed by atoms with van der Waals surface area (Å²) < 4.78 is 10.7. The highest BCUT2D eigenvalue weighted by Crippen LogP contribution is 2.30. The zero-order valence-corrected chi connectivity index (χ0v) is 15.2. The molecule has 0 unspecified atom stereocenters. The molecule has 0 fully saturated rings. The summed E-state index contributed by atoms with van der Waals surface area (Å²) in [7, 11) is 3.27. The Kier molecular flexibility index (Phi) is 5.54. The quantitative estimate of drug-likeness (QED) is 0.599.